The average Bonchev–Trinajstić information content (AvgIpc) is 3.51. The molecule has 8 nitrogen and oxygen atoms in total. The van der Waals surface area contributed by atoms with Crippen molar-refractivity contribution in [3.05, 3.63) is 95.6 Å². The smallest absolute Gasteiger partial charge is 0.339 e. The molecule has 0 unspecified atom stereocenters. The number of esters is 1. The monoisotopic (exact) mass is 484 g/mol. The van der Waals surface area contributed by atoms with Gasteiger partial charge in [-0.25, -0.2) is 19.6 Å². The quantitative estimate of drug-likeness (QED) is 0.536. The van der Waals surface area contributed by atoms with Crippen molar-refractivity contribution in [2.24, 2.45) is 5.73 Å². The van der Waals surface area contributed by atoms with Crippen LogP contribution in [0, 0.1) is 0 Å². The molecule has 36 heavy (non-hydrogen) atoms. The Labute approximate surface area is 209 Å². The first-order valence-electron chi connectivity index (χ1n) is 12.0. The summed E-state index contributed by atoms with van der Waals surface area (Å²) in [5, 5.41) is 2.53. The van der Waals surface area contributed by atoms with Gasteiger partial charge < -0.3 is 15.4 Å². The van der Waals surface area contributed by atoms with Crippen LogP contribution in [-0.2, 0) is 16.1 Å². The van der Waals surface area contributed by atoms with Crippen molar-refractivity contribution in [3.63, 3.8) is 0 Å². The minimum Gasteiger partial charge on any atom is -0.463 e. The highest BCUT2D eigenvalue weighted by molar-refractivity contribution is 5.84. The topological polar surface area (TPSA) is 96.2 Å². The van der Waals surface area contributed by atoms with E-state index >= 15 is 0 Å². The van der Waals surface area contributed by atoms with Gasteiger partial charge in [0.25, 0.3) is 0 Å². The molecule has 184 valence electrons. The molecule has 4 amide bonds. The van der Waals surface area contributed by atoms with Gasteiger partial charge in [-0.1, -0.05) is 78.9 Å². The van der Waals surface area contributed by atoms with E-state index < -0.39 is 18.0 Å². The van der Waals surface area contributed by atoms with Crippen molar-refractivity contribution < 1.29 is 19.1 Å². The number of primary amides is 1. The fraction of sp³-hybridized carbons (Fsp3) is 0.250. The summed E-state index contributed by atoms with van der Waals surface area (Å²) in [4.78, 5) is 39.6. The van der Waals surface area contributed by atoms with Gasteiger partial charge >= 0.3 is 18.0 Å². The van der Waals surface area contributed by atoms with E-state index in [0.29, 0.717) is 19.5 Å². The lowest BCUT2D eigenvalue weighted by atomic mass is 9.98. The third kappa shape index (κ3) is 4.62. The summed E-state index contributed by atoms with van der Waals surface area (Å²) in [5.41, 5.74) is 10.9. The van der Waals surface area contributed by atoms with Gasteiger partial charge in [0.2, 0.25) is 0 Å². The molecule has 5 rings (SSSR count). The molecule has 3 aromatic rings. The van der Waals surface area contributed by atoms with Crippen LogP contribution >= 0.6 is 0 Å². The molecular weight excluding hydrogens is 456 g/mol. The molecule has 0 spiro atoms. The van der Waals surface area contributed by atoms with Crippen LogP contribution < -0.4 is 5.73 Å². The Kier molecular flexibility index (Phi) is 6.58. The van der Waals surface area contributed by atoms with Crippen molar-refractivity contribution in [1.82, 2.24) is 14.9 Å². The number of benzene rings is 3. The van der Waals surface area contributed by atoms with E-state index in [0.717, 1.165) is 27.8 Å². The average molecular weight is 485 g/mol. The van der Waals surface area contributed by atoms with Gasteiger partial charge in [0.05, 0.1) is 0 Å². The van der Waals surface area contributed by atoms with Gasteiger partial charge in [-0.15, -0.1) is 0 Å². The van der Waals surface area contributed by atoms with Crippen LogP contribution in [0.5, 0.6) is 0 Å². The second-order valence-electron chi connectivity index (χ2n) is 8.97. The van der Waals surface area contributed by atoms with Crippen molar-refractivity contribution in [3.8, 4) is 11.1 Å². The number of hydrogen-bond acceptors (Lipinski definition) is 4. The summed E-state index contributed by atoms with van der Waals surface area (Å²) in [5.74, 6) is -0.575. The summed E-state index contributed by atoms with van der Waals surface area (Å²) in [7, 11) is 0. The van der Waals surface area contributed by atoms with E-state index in [9.17, 15) is 14.4 Å². The fourth-order valence-corrected chi connectivity index (χ4v) is 5.02. The van der Waals surface area contributed by atoms with Crippen LogP contribution in [-0.4, -0.2) is 59.2 Å². The summed E-state index contributed by atoms with van der Waals surface area (Å²) >= 11 is 0. The number of carbonyl (C=O) groups excluding carboxylic acids is 3. The summed E-state index contributed by atoms with van der Waals surface area (Å²) in [6.45, 7) is 0.861. The SMILES string of the molecule is NC(=O)N1CCCN1C(=O)N(CC(=O)OCC1c2ccccc2-c2ccccc21)Cc1ccccc1. The Hall–Kier alpha value is -4.33. The predicted molar refractivity (Wildman–Crippen MR) is 135 cm³/mol. The first-order valence-corrected chi connectivity index (χ1v) is 12.0. The Balaban J connectivity index is 1.31. The van der Waals surface area contributed by atoms with Crippen molar-refractivity contribution in [1.29, 1.82) is 0 Å². The summed E-state index contributed by atoms with van der Waals surface area (Å²) < 4.78 is 5.74. The zero-order chi connectivity index (χ0) is 25.1. The van der Waals surface area contributed by atoms with Crippen LogP contribution in [0.1, 0.15) is 29.0 Å². The molecule has 8 heteroatoms. The standard InChI is InChI=1S/C28H28N4O4/c29-27(34)31-15-8-16-32(31)28(35)30(17-20-9-2-1-3-10-20)18-26(33)36-19-25-23-13-6-4-11-21(23)22-12-5-7-14-24(22)25/h1-7,9-14,25H,8,15-19H2,(H2,29,34). The number of urea groups is 2. The molecule has 1 aliphatic carbocycles. The van der Waals surface area contributed by atoms with Crippen LogP contribution in [0.4, 0.5) is 9.59 Å². The van der Waals surface area contributed by atoms with Crippen LogP contribution in [0.2, 0.25) is 0 Å². The van der Waals surface area contributed by atoms with Gasteiger partial charge in [0, 0.05) is 25.6 Å². The minimum absolute atomic E-state index is 0.0661. The number of carbonyl (C=O) groups is 3. The first-order chi connectivity index (χ1) is 17.5. The van der Waals surface area contributed by atoms with E-state index in [2.05, 4.69) is 24.3 Å². The second kappa shape index (κ2) is 10.1. The molecule has 0 radical (unpaired) electrons. The number of rotatable bonds is 6. The molecule has 1 heterocycles. The zero-order valence-corrected chi connectivity index (χ0v) is 19.9. The third-order valence-electron chi connectivity index (χ3n) is 6.69. The first kappa shape index (κ1) is 23.4. The Bertz CT molecular complexity index is 1230. The van der Waals surface area contributed by atoms with Gasteiger partial charge in [0.15, 0.2) is 0 Å². The van der Waals surface area contributed by atoms with Crippen molar-refractivity contribution in [2.75, 3.05) is 26.2 Å². The molecule has 1 saturated heterocycles. The summed E-state index contributed by atoms with van der Waals surface area (Å²) in [6, 6.07) is 24.5. The Morgan fingerprint density at radius 3 is 2.06 bits per heavy atom. The third-order valence-corrected chi connectivity index (χ3v) is 6.69. The number of hydrazine groups is 1. The van der Waals surface area contributed by atoms with E-state index in [-0.39, 0.29) is 25.6 Å². The number of hydrogen-bond donors (Lipinski definition) is 1. The maximum Gasteiger partial charge on any atom is 0.339 e. The number of amides is 4. The molecule has 2 aliphatic rings. The van der Waals surface area contributed by atoms with Crippen LogP contribution in [0.25, 0.3) is 11.1 Å². The van der Waals surface area contributed by atoms with E-state index in [1.807, 2.05) is 54.6 Å². The highest BCUT2D eigenvalue weighted by Crippen LogP contribution is 2.44. The largest absolute Gasteiger partial charge is 0.463 e. The highest BCUT2D eigenvalue weighted by atomic mass is 16.5. The maximum atomic E-state index is 13.4. The van der Waals surface area contributed by atoms with Gasteiger partial charge in [-0.3, -0.25) is 4.79 Å². The predicted octanol–water partition coefficient (Wildman–Crippen LogP) is 3.97. The molecule has 0 bridgehead atoms. The van der Waals surface area contributed by atoms with E-state index in [4.69, 9.17) is 10.5 Å². The Morgan fingerprint density at radius 1 is 0.833 bits per heavy atom. The fourth-order valence-electron chi connectivity index (χ4n) is 5.02. The second-order valence-corrected chi connectivity index (χ2v) is 8.97. The van der Waals surface area contributed by atoms with Gasteiger partial charge in [-0.2, -0.15) is 0 Å². The minimum atomic E-state index is -0.693. The lowest BCUT2D eigenvalue weighted by Gasteiger charge is -2.32. The van der Waals surface area contributed by atoms with Crippen LogP contribution in [0.15, 0.2) is 78.9 Å². The number of fused-ring (bicyclic) bond motifs is 3. The highest BCUT2D eigenvalue weighted by Gasteiger charge is 2.34. The van der Waals surface area contributed by atoms with Crippen molar-refractivity contribution in [2.45, 2.75) is 18.9 Å². The maximum absolute atomic E-state index is 13.4. The molecule has 3 aromatic carbocycles. The molecule has 0 saturated carbocycles. The number of nitrogens with two attached hydrogens (primary N) is 1. The van der Waals surface area contributed by atoms with Crippen LogP contribution in [0.3, 0.4) is 0 Å². The molecule has 2 N–H and O–H groups in total. The molecule has 1 fully saturated rings. The van der Waals surface area contributed by atoms with E-state index in [1.54, 1.807) is 0 Å². The molecule has 0 aromatic heterocycles. The lowest BCUT2D eigenvalue weighted by Crippen LogP contribution is -2.53. The number of nitrogens with zero attached hydrogens (tertiary/aromatic N) is 3. The van der Waals surface area contributed by atoms with Gasteiger partial charge in [-0.05, 0) is 34.2 Å². The molecule has 0 atom stereocenters. The van der Waals surface area contributed by atoms with Crippen molar-refractivity contribution >= 4 is 18.0 Å². The Morgan fingerprint density at radius 2 is 1.42 bits per heavy atom. The normalized spacial score (nSPS) is 14.3. The number of ether oxygens (including phenoxy) is 1. The summed E-state index contributed by atoms with van der Waals surface area (Å²) in [6.07, 6.45) is 0.624. The van der Waals surface area contributed by atoms with Gasteiger partial charge in [0.1, 0.15) is 13.2 Å². The zero-order valence-electron chi connectivity index (χ0n) is 19.9. The van der Waals surface area contributed by atoms with E-state index in [1.165, 1.54) is 14.9 Å². The molecular formula is C28H28N4O4. The molecule has 1 aliphatic heterocycles. The lowest BCUT2D eigenvalue weighted by molar-refractivity contribution is -0.144.